The highest BCUT2D eigenvalue weighted by atomic mass is 16.5. The molecule has 2 N–H and O–H groups in total. The normalized spacial score (nSPS) is 10.5. The van der Waals surface area contributed by atoms with Gasteiger partial charge in [-0.05, 0) is 6.92 Å². The van der Waals surface area contributed by atoms with Crippen LogP contribution in [0.2, 0.25) is 0 Å². The van der Waals surface area contributed by atoms with Crippen LogP contribution in [0.1, 0.15) is 6.92 Å². The summed E-state index contributed by atoms with van der Waals surface area (Å²) in [5.41, 5.74) is 6.48. The van der Waals surface area contributed by atoms with E-state index in [-0.39, 0.29) is 0 Å². The highest BCUT2D eigenvalue weighted by molar-refractivity contribution is 5.67. The lowest BCUT2D eigenvalue weighted by Gasteiger charge is -2.24. The fourth-order valence-corrected chi connectivity index (χ4v) is 1.60. The molecule has 1 aromatic heterocycles. The minimum absolute atomic E-state index is 0.410. The number of ether oxygens (including phenoxy) is 3. The Morgan fingerprint density at radius 3 is 2.32 bits per heavy atom. The predicted octanol–water partition coefficient (Wildman–Crippen LogP) is 0.557. The monoisotopic (exact) mass is 270 g/mol. The van der Waals surface area contributed by atoms with Crippen molar-refractivity contribution in [2.75, 3.05) is 57.8 Å². The Kier molecular flexibility index (Phi) is 6.91. The van der Waals surface area contributed by atoms with Gasteiger partial charge >= 0.3 is 0 Å². The summed E-state index contributed by atoms with van der Waals surface area (Å²) < 4.78 is 15.6. The zero-order valence-corrected chi connectivity index (χ0v) is 11.8. The van der Waals surface area contributed by atoms with E-state index >= 15 is 0 Å². The van der Waals surface area contributed by atoms with Gasteiger partial charge in [0.25, 0.3) is 0 Å². The molecule has 0 bridgehead atoms. The Morgan fingerprint density at radius 1 is 1.16 bits per heavy atom. The van der Waals surface area contributed by atoms with E-state index in [9.17, 15) is 0 Å². The van der Waals surface area contributed by atoms with E-state index in [0.29, 0.717) is 50.3 Å². The summed E-state index contributed by atoms with van der Waals surface area (Å²) in [6.45, 7) is 4.90. The topological polar surface area (TPSA) is 82.7 Å². The fraction of sp³-hybridized carbons (Fsp3) is 0.667. The quantitative estimate of drug-likeness (QED) is 0.701. The van der Waals surface area contributed by atoms with E-state index < -0.39 is 0 Å². The first-order chi connectivity index (χ1) is 9.24. The summed E-state index contributed by atoms with van der Waals surface area (Å²) in [6.07, 6.45) is 1.45. The van der Waals surface area contributed by atoms with Gasteiger partial charge in [0.05, 0.1) is 19.8 Å². The van der Waals surface area contributed by atoms with Gasteiger partial charge in [-0.2, -0.15) is 4.98 Å². The Balaban J connectivity index is 2.89. The molecule has 0 atom stereocenters. The molecule has 0 aromatic carbocycles. The predicted molar refractivity (Wildman–Crippen MR) is 73.6 cm³/mol. The molecule has 0 unspecified atom stereocenters. The van der Waals surface area contributed by atoms with Crippen molar-refractivity contribution in [1.29, 1.82) is 0 Å². The molecule has 7 nitrogen and oxygen atoms in total. The Bertz CT molecular complexity index is 368. The summed E-state index contributed by atoms with van der Waals surface area (Å²) in [7, 11) is 3.31. The third-order valence-corrected chi connectivity index (χ3v) is 2.54. The molecule has 0 aliphatic carbocycles. The number of hydrogen-bond donors (Lipinski definition) is 1. The molecule has 0 radical (unpaired) electrons. The van der Waals surface area contributed by atoms with Crippen molar-refractivity contribution >= 4 is 11.5 Å². The molecule has 0 aliphatic rings. The van der Waals surface area contributed by atoms with Gasteiger partial charge in [-0.15, -0.1) is 0 Å². The van der Waals surface area contributed by atoms with Gasteiger partial charge in [0.1, 0.15) is 12.0 Å². The van der Waals surface area contributed by atoms with E-state index in [1.807, 2.05) is 11.8 Å². The van der Waals surface area contributed by atoms with E-state index in [0.717, 1.165) is 0 Å². The van der Waals surface area contributed by atoms with Crippen LogP contribution >= 0.6 is 0 Å². The minimum atomic E-state index is 0.410. The van der Waals surface area contributed by atoms with Gasteiger partial charge < -0.3 is 24.8 Å². The lowest BCUT2D eigenvalue weighted by molar-refractivity contribution is 0.190. The second-order valence-electron chi connectivity index (χ2n) is 3.82. The van der Waals surface area contributed by atoms with E-state index in [1.165, 1.54) is 6.33 Å². The molecule has 1 aromatic rings. The second kappa shape index (κ2) is 8.49. The van der Waals surface area contributed by atoms with Crippen molar-refractivity contribution < 1.29 is 14.2 Å². The summed E-state index contributed by atoms with van der Waals surface area (Å²) in [5.74, 6) is 1.06. The first-order valence-corrected chi connectivity index (χ1v) is 6.20. The number of nitrogens with zero attached hydrogens (tertiary/aromatic N) is 3. The first-order valence-electron chi connectivity index (χ1n) is 6.20. The van der Waals surface area contributed by atoms with Crippen LogP contribution in [0.4, 0.5) is 11.5 Å². The molecule has 0 amide bonds. The standard InChI is InChI=1S/C12H22N4O3/c1-4-19-12-10(13)11(14-9-15-12)16(5-7-17-2)6-8-18-3/h9H,4-8,13H2,1-3H3. The molecular formula is C12H22N4O3. The maximum atomic E-state index is 6.04. The average Bonchev–Trinajstić information content (AvgIpc) is 2.42. The van der Waals surface area contributed by atoms with E-state index in [1.54, 1.807) is 14.2 Å². The van der Waals surface area contributed by atoms with Crippen LogP contribution in [0.15, 0.2) is 6.33 Å². The Morgan fingerprint density at radius 2 is 1.79 bits per heavy atom. The van der Waals surface area contributed by atoms with Gasteiger partial charge in [-0.1, -0.05) is 0 Å². The molecular weight excluding hydrogens is 248 g/mol. The van der Waals surface area contributed by atoms with Gasteiger partial charge in [0, 0.05) is 27.3 Å². The molecule has 0 aliphatic heterocycles. The molecule has 0 saturated carbocycles. The summed E-state index contributed by atoms with van der Waals surface area (Å²) in [5, 5.41) is 0. The van der Waals surface area contributed by atoms with Crippen molar-refractivity contribution in [3.63, 3.8) is 0 Å². The lowest BCUT2D eigenvalue weighted by atomic mass is 10.4. The highest BCUT2D eigenvalue weighted by Gasteiger charge is 2.15. The largest absolute Gasteiger partial charge is 0.476 e. The van der Waals surface area contributed by atoms with Crippen LogP contribution in [-0.2, 0) is 9.47 Å². The Labute approximate surface area is 113 Å². The van der Waals surface area contributed by atoms with Crippen LogP contribution in [-0.4, -0.2) is 57.1 Å². The molecule has 0 spiro atoms. The highest BCUT2D eigenvalue weighted by Crippen LogP contribution is 2.27. The van der Waals surface area contributed by atoms with Gasteiger partial charge in [-0.25, -0.2) is 4.98 Å². The third-order valence-electron chi connectivity index (χ3n) is 2.54. The average molecular weight is 270 g/mol. The minimum Gasteiger partial charge on any atom is -0.476 e. The van der Waals surface area contributed by atoms with E-state index in [4.69, 9.17) is 19.9 Å². The van der Waals surface area contributed by atoms with Crippen molar-refractivity contribution in [3.8, 4) is 5.88 Å². The fourth-order valence-electron chi connectivity index (χ4n) is 1.60. The third kappa shape index (κ3) is 4.53. The van der Waals surface area contributed by atoms with Crippen molar-refractivity contribution in [2.45, 2.75) is 6.92 Å². The zero-order chi connectivity index (χ0) is 14.1. The molecule has 7 heteroatoms. The van der Waals surface area contributed by atoms with Crippen molar-refractivity contribution in [3.05, 3.63) is 6.33 Å². The summed E-state index contributed by atoms with van der Waals surface area (Å²) in [4.78, 5) is 10.2. The lowest BCUT2D eigenvalue weighted by Crippen LogP contribution is -2.32. The van der Waals surface area contributed by atoms with Gasteiger partial charge in [-0.3, -0.25) is 0 Å². The van der Waals surface area contributed by atoms with Crippen molar-refractivity contribution in [2.24, 2.45) is 0 Å². The van der Waals surface area contributed by atoms with E-state index in [2.05, 4.69) is 9.97 Å². The maximum absolute atomic E-state index is 6.04. The number of hydrogen-bond acceptors (Lipinski definition) is 7. The summed E-state index contributed by atoms with van der Waals surface area (Å²) in [6, 6.07) is 0. The number of nitrogens with two attached hydrogens (primary N) is 1. The maximum Gasteiger partial charge on any atom is 0.242 e. The number of anilines is 2. The van der Waals surface area contributed by atoms with Gasteiger partial charge in [0.15, 0.2) is 5.82 Å². The SMILES string of the molecule is CCOc1ncnc(N(CCOC)CCOC)c1N. The number of methoxy groups -OCH3 is 2. The molecule has 0 saturated heterocycles. The molecule has 1 heterocycles. The van der Waals surface area contributed by atoms with Crippen LogP contribution in [0.5, 0.6) is 5.88 Å². The zero-order valence-electron chi connectivity index (χ0n) is 11.8. The molecule has 1 rings (SSSR count). The number of rotatable bonds is 9. The van der Waals surface area contributed by atoms with Crippen LogP contribution in [0, 0.1) is 0 Å². The molecule has 0 fully saturated rings. The second-order valence-corrected chi connectivity index (χ2v) is 3.82. The van der Waals surface area contributed by atoms with Gasteiger partial charge in [0.2, 0.25) is 5.88 Å². The van der Waals surface area contributed by atoms with Crippen LogP contribution in [0.25, 0.3) is 0 Å². The molecule has 19 heavy (non-hydrogen) atoms. The van der Waals surface area contributed by atoms with Crippen LogP contribution < -0.4 is 15.4 Å². The Hall–Kier alpha value is -1.60. The molecule has 108 valence electrons. The van der Waals surface area contributed by atoms with Crippen LogP contribution in [0.3, 0.4) is 0 Å². The first kappa shape index (κ1) is 15.5. The summed E-state index contributed by atoms with van der Waals surface area (Å²) >= 11 is 0. The number of aromatic nitrogens is 2. The van der Waals surface area contributed by atoms with Crippen molar-refractivity contribution in [1.82, 2.24) is 9.97 Å². The number of nitrogen functional groups attached to an aromatic ring is 1. The smallest absolute Gasteiger partial charge is 0.242 e.